The van der Waals surface area contributed by atoms with Gasteiger partial charge >= 0.3 is 0 Å². The lowest BCUT2D eigenvalue weighted by Crippen LogP contribution is -2.35. The van der Waals surface area contributed by atoms with Crippen LogP contribution in [0.15, 0.2) is 18.2 Å². The van der Waals surface area contributed by atoms with Gasteiger partial charge in [-0.2, -0.15) is 0 Å². The third-order valence-electron chi connectivity index (χ3n) is 3.80. The van der Waals surface area contributed by atoms with Crippen LogP contribution in [-0.4, -0.2) is 44.0 Å². The van der Waals surface area contributed by atoms with Crippen LogP contribution >= 0.6 is 11.6 Å². The molecule has 1 N–H and O–H groups in total. The predicted octanol–water partition coefficient (Wildman–Crippen LogP) is 2.51. The van der Waals surface area contributed by atoms with Crippen molar-refractivity contribution in [1.29, 1.82) is 0 Å². The van der Waals surface area contributed by atoms with Crippen molar-refractivity contribution in [2.24, 2.45) is 0 Å². The molecule has 0 saturated carbocycles. The van der Waals surface area contributed by atoms with Crippen molar-refractivity contribution in [3.05, 3.63) is 28.8 Å². The Kier molecular flexibility index (Phi) is 5.88. The summed E-state index contributed by atoms with van der Waals surface area (Å²) < 4.78 is 0. The van der Waals surface area contributed by atoms with Crippen LogP contribution in [0.2, 0.25) is 5.02 Å². The lowest BCUT2D eigenvalue weighted by Gasteiger charge is -2.25. The number of likely N-dealkylation sites (N-methyl/N-ethyl adjacent to an activating group) is 1. The molecule has 1 aliphatic rings. The average molecular weight is 310 g/mol. The number of rotatable bonds is 5. The standard InChI is InChI=1S/C16H24ClN3O/c1-3-7-18-11-13-5-6-14(17)10-15(13)20-9-4-8-19(2)16(21)12-20/h5-6,10,18H,3-4,7-9,11-12H2,1-2H3. The Bertz CT molecular complexity index is 492. The second kappa shape index (κ2) is 7.66. The van der Waals surface area contributed by atoms with Crippen LogP contribution in [-0.2, 0) is 11.3 Å². The summed E-state index contributed by atoms with van der Waals surface area (Å²) in [4.78, 5) is 16.0. The predicted molar refractivity (Wildman–Crippen MR) is 87.9 cm³/mol. The van der Waals surface area contributed by atoms with Crippen molar-refractivity contribution in [3.63, 3.8) is 0 Å². The highest BCUT2D eigenvalue weighted by Crippen LogP contribution is 2.26. The SMILES string of the molecule is CCCNCc1ccc(Cl)cc1N1CCCN(C)C(=O)C1. The Morgan fingerprint density at radius 1 is 1.33 bits per heavy atom. The van der Waals surface area contributed by atoms with Crippen molar-refractivity contribution in [1.82, 2.24) is 10.2 Å². The number of halogens is 1. The van der Waals surface area contributed by atoms with E-state index in [2.05, 4.69) is 23.2 Å². The molecule has 1 aliphatic heterocycles. The Balaban J connectivity index is 2.19. The number of carbonyl (C=O) groups excluding carboxylic acids is 1. The molecular weight excluding hydrogens is 286 g/mol. The number of benzene rings is 1. The first-order chi connectivity index (χ1) is 10.1. The van der Waals surface area contributed by atoms with Crippen LogP contribution in [0.3, 0.4) is 0 Å². The number of hydrogen-bond donors (Lipinski definition) is 1. The summed E-state index contributed by atoms with van der Waals surface area (Å²) in [5.74, 6) is 0.167. The lowest BCUT2D eigenvalue weighted by atomic mass is 10.1. The van der Waals surface area contributed by atoms with E-state index >= 15 is 0 Å². The zero-order valence-electron chi connectivity index (χ0n) is 12.9. The number of hydrogen-bond acceptors (Lipinski definition) is 3. The molecule has 5 heteroatoms. The molecule has 21 heavy (non-hydrogen) atoms. The zero-order chi connectivity index (χ0) is 15.2. The third-order valence-corrected chi connectivity index (χ3v) is 4.04. The van der Waals surface area contributed by atoms with Crippen molar-refractivity contribution < 1.29 is 4.79 Å². The number of carbonyl (C=O) groups is 1. The number of amides is 1. The fourth-order valence-corrected chi connectivity index (χ4v) is 2.74. The molecule has 1 aromatic carbocycles. The van der Waals surface area contributed by atoms with Gasteiger partial charge in [-0.1, -0.05) is 24.6 Å². The molecule has 1 heterocycles. The van der Waals surface area contributed by atoms with E-state index in [1.807, 2.05) is 19.2 Å². The van der Waals surface area contributed by atoms with Gasteiger partial charge in [-0.25, -0.2) is 0 Å². The normalized spacial score (nSPS) is 16.2. The van der Waals surface area contributed by atoms with Crippen LogP contribution < -0.4 is 10.2 Å². The molecule has 0 aliphatic carbocycles. The van der Waals surface area contributed by atoms with Gasteiger partial charge in [-0.3, -0.25) is 4.79 Å². The minimum atomic E-state index is 0.167. The summed E-state index contributed by atoms with van der Waals surface area (Å²) in [7, 11) is 1.87. The summed E-state index contributed by atoms with van der Waals surface area (Å²) in [6, 6.07) is 5.95. The minimum Gasteiger partial charge on any atom is -0.362 e. The second-order valence-electron chi connectivity index (χ2n) is 5.54. The fraction of sp³-hybridized carbons (Fsp3) is 0.562. The molecular formula is C16H24ClN3O. The monoisotopic (exact) mass is 309 g/mol. The lowest BCUT2D eigenvalue weighted by molar-refractivity contribution is -0.127. The van der Waals surface area contributed by atoms with Gasteiger partial charge in [0.2, 0.25) is 5.91 Å². The van der Waals surface area contributed by atoms with E-state index in [1.165, 1.54) is 5.56 Å². The van der Waals surface area contributed by atoms with Crippen LogP contribution in [0.4, 0.5) is 5.69 Å². The van der Waals surface area contributed by atoms with Gasteiger partial charge in [-0.15, -0.1) is 0 Å². The molecule has 0 spiro atoms. The first-order valence-electron chi connectivity index (χ1n) is 7.60. The van der Waals surface area contributed by atoms with E-state index in [4.69, 9.17) is 11.6 Å². The van der Waals surface area contributed by atoms with Gasteiger partial charge in [0.05, 0.1) is 6.54 Å². The first-order valence-corrected chi connectivity index (χ1v) is 7.97. The fourth-order valence-electron chi connectivity index (χ4n) is 2.57. The molecule has 116 valence electrons. The van der Waals surface area contributed by atoms with E-state index in [0.717, 1.165) is 44.7 Å². The molecule has 1 fully saturated rings. The summed E-state index contributed by atoms with van der Waals surface area (Å²) in [5.41, 5.74) is 2.28. The van der Waals surface area contributed by atoms with E-state index in [0.29, 0.717) is 11.6 Å². The number of anilines is 1. The third kappa shape index (κ3) is 4.35. The molecule has 0 radical (unpaired) electrons. The highest BCUT2D eigenvalue weighted by Gasteiger charge is 2.21. The summed E-state index contributed by atoms with van der Waals surface area (Å²) >= 11 is 6.16. The molecule has 1 aromatic rings. The number of nitrogens with zero attached hydrogens (tertiary/aromatic N) is 2. The highest BCUT2D eigenvalue weighted by atomic mass is 35.5. The van der Waals surface area contributed by atoms with Gasteiger partial charge in [0.15, 0.2) is 0 Å². The van der Waals surface area contributed by atoms with E-state index < -0.39 is 0 Å². The molecule has 0 aromatic heterocycles. The first kappa shape index (κ1) is 16.1. The molecule has 0 bridgehead atoms. The van der Waals surface area contributed by atoms with Crippen LogP contribution in [0.5, 0.6) is 0 Å². The molecule has 0 unspecified atom stereocenters. The van der Waals surface area contributed by atoms with Gasteiger partial charge in [-0.05, 0) is 37.1 Å². The van der Waals surface area contributed by atoms with Gasteiger partial charge in [0.1, 0.15) is 0 Å². The van der Waals surface area contributed by atoms with Gasteiger partial charge in [0.25, 0.3) is 0 Å². The summed E-state index contributed by atoms with van der Waals surface area (Å²) in [6.07, 6.45) is 2.09. The van der Waals surface area contributed by atoms with E-state index in [9.17, 15) is 4.79 Å². The maximum Gasteiger partial charge on any atom is 0.241 e. The summed E-state index contributed by atoms with van der Waals surface area (Å²) in [5, 5.41) is 4.14. The van der Waals surface area contributed by atoms with Crippen molar-refractivity contribution in [2.75, 3.05) is 38.1 Å². The average Bonchev–Trinajstić information content (AvgIpc) is 2.63. The summed E-state index contributed by atoms with van der Waals surface area (Å²) in [6.45, 7) is 6.08. The minimum absolute atomic E-state index is 0.167. The van der Waals surface area contributed by atoms with Gasteiger partial charge in [0, 0.05) is 37.4 Å². The van der Waals surface area contributed by atoms with E-state index in [1.54, 1.807) is 4.90 Å². The maximum atomic E-state index is 12.1. The molecule has 2 rings (SSSR count). The maximum absolute atomic E-state index is 12.1. The second-order valence-corrected chi connectivity index (χ2v) is 5.98. The number of nitrogens with one attached hydrogen (secondary N) is 1. The molecule has 1 amide bonds. The van der Waals surface area contributed by atoms with Crippen LogP contribution in [0.25, 0.3) is 0 Å². The Morgan fingerprint density at radius 3 is 2.90 bits per heavy atom. The van der Waals surface area contributed by atoms with E-state index in [-0.39, 0.29) is 5.91 Å². The molecule has 1 saturated heterocycles. The molecule has 0 atom stereocenters. The van der Waals surface area contributed by atoms with Crippen molar-refractivity contribution in [3.8, 4) is 0 Å². The van der Waals surface area contributed by atoms with Crippen molar-refractivity contribution >= 4 is 23.2 Å². The Hall–Kier alpha value is -1.26. The van der Waals surface area contributed by atoms with Crippen LogP contribution in [0, 0.1) is 0 Å². The largest absolute Gasteiger partial charge is 0.362 e. The Labute approximate surface area is 132 Å². The highest BCUT2D eigenvalue weighted by molar-refractivity contribution is 6.30. The van der Waals surface area contributed by atoms with Gasteiger partial charge < -0.3 is 15.1 Å². The quantitative estimate of drug-likeness (QED) is 0.849. The van der Waals surface area contributed by atoms with Crippen molar-refractivity contribution in [2.45, 2.75) is 26.3 Å². The topological polar surface area (TPSA) is 35.6 Å². The Morgan fingerprint density at radius 2 is 2.14 bits per heavy atom. The smallest absolute Gasteiger partial charge is 0.241 e. The molecule has 4 nitrogen and oxygen atoms in total. The zero-order valence-corrected chi connectivity index (χ0v) is 13.6. The van der Waals surface area contributed by atoms with Crippen LogP contribution in [0.1, 0.15) is 25.3 Å².